The average molecular weight is 207 g/mol. The summed E-state index contributed by atoms with van der Waals surface area (Å²) in [5, 5.41) is 0. The molecule has 0 aromatic heterocycles. The molecule has 2 N–H and O–H groups in total. The lowest BCUT2D eigenvalue weighted by Gasteiger charge is -2.10. The molecule has 0 bridgehead atoms. The fourth-order valence-corrected chi connectivity index (χ4v) is 1.18. The second kappa shape index (κ2) is 5.51. The number of carbonyl (C=O) groups is 1. The summed E-state index contributed by atoms with van der Waals surface area (Å²) in [6.45, 7) is 4.13. The van der Waals surface area contributed by atoms with E-state index in [1.165, 1.54) is 0 Å². The molecule has 3 nitrogen and oxygen atoms in total. The Balaban J connectivity index is 2.58. The highest BCUT2D eigenvalue weighted by molar-refractivity contribution is 5.90. The van der Waals surface area contributed by atoms with Crippen molar-refractivity contribution >= 4 is 5.97 Å². The normalized spacial score (nSPS) is 12.2. The molecule has 82 valence electrons. The van der Waals surface area contributed by atoms with E-state index < -0.39 is 0 Å². The number of ether oxygens (including phenoxy) is 1. The summed E-state index contributed by atoms with van der Waals surface area (Å²) in [6.07, 6.45) is 0.807. The van der Waals surface area contributed by atoms with E-state index >= 15 is 0 Å². The molecule has 0 aliphatic carbocycles. The molecule has 0 aliphatic rings. The van der Waals surface area contributed by atoms with Crippen LogP contribution in [0.25, 0.3) is 0 Å². The van der Waals surface area contributed by atoms with Gasteiger partial charge in [-0.25, -0.2) is 4.79 Å². The van der Waals surface area contributed by atoms with E-state index in [-0.39, 0.29) is 18.6 Å². The first-order valence-electron chi connectivity index (χ1n) is 5.13. The van der Waals surface area contributed by atoms with E-state index in [4.69, 9.17) is 10.5 Å². The van der Waals surface area contributed by atoms with Crippen molar-refractivity contribution in [2.75, 3.05) is 6.61 Å². The van der Waals surface area contributed by atoms with Gasteiger partial charge in [0.2, 0.25) is 0 Å². The number of nitrogens with two attached hydrogens (primary N) is 1. The van der Waals surface area contributed by atoms with Crippen molar-refractivity contribution in [3.63, 3.8) is 0 Å². The summed E-state index contributed by atoms with van der Waals surface area (Å²) in [5.41, 5.74) is 7.20. The van der Waals surface area contributed by atoms with E-state index in [1.54, 1.807) is 6.07 Å². The minimum absolute atomic E-state index is 0.0713. The lowest BCUT2D eigenvalue weighted by atomic mass is 10.1. The summed E-state index contributed by atoms with van der Waals surface area (Å²) in [5.74, 6) is -0.294. The monoisotopic (exact) mass is 207 g/mol. The summed E-state index contributed by atoms with van der Waals surface area (Å²) in [6, 6.07) is 7.29. The molecule has 0 fully saturated rings. The molecular weight excluding hydrogens is 190 g/mol. The maximum atomic E-state index is 11.6. The van der Waals surface area contributed by atoms with Gasteiger partial charge in [-0.1, -0.05) is 25.1 Å². The topological polar surface area (TPSA) is 52.3 Å². The molecule has 0 spiro atoms. The molecule has 3 heteroatoms. The van der Waals surface area contributed by atoms with Crippen molar-refractivity contribution < 1.29 is 9.53 Å². The third kappa shape index (κ3) is 3.36. The van der Waals surface area contributed by atoms with Crippen LogP contribution in [-0.4, -0.2) is 18.6 Å². The Morgan fingerprint density at radius 2 is 2.13 bits per heavy atom. The predicted molar refractivity (Wildman–Crippen MR) is 59.7 cm³/mol. The molecule has 0 radical (unpaired) electrons. The minimum Gasteiger partial charge on any atom is -0.460 e. The Bertz CT molecular complexity index is 336. The first-order valence-corrected chi connectivity index (χ1v) is 5.13. The average Bonchev–Trinajstić information content (AvgIpc) is 2.26. The van der Waals surface area contributed by atoms with Gasteiger partial charge in [0, 0.05) is 6.04 Å². The Hall–Kier alpha value is -1.35. The highest BCUT2D eigenvalue weighted by Crippen LogP contribution is 2.08. The zero-order valence-electron chi connectivity index (χ0n) is 9.19. The molecule has 0 saturated carbocycles. The molecule has 1 aromatic carbocycles. The fraction of sp³-hybridized carbons (Fsp3) is 0.417. The van der Waals surface area contributed by atoms with Gasteiger partial charge in [0.05, 0.1) is 5.56 Å². The van der Waals surface area contributed by atoms with Crippen LogP contribution in [0.1, 0.15) is 29.3 Å². The summed E-state index contributed by atoms with van der Waals surface area (Å²) < 4.78 is 5.10. The van der Waals surface area contributed by atoms with E-state index in [0.717, 1.165) is 12.0 Å². The molecule has 0 saturated heterocycles. The molecule has 0 aliphatic heterocycles. The Kier molecular flexibility index (Phi) is 4.31. The number of benzene rings is 1. The standard InChI is InChI=1S/C12H17NO2/c1-3-10(13)8-15-12(14)11-7-5-4-6-9(11)2/h4-7,10H,3,8,13H2,1-2H3. The minimum atomic E-state index is -0.294. The predicted octanol–water partition coefficient (Wildman–Crippen LogP) is 1.89. The molecule has 0 amide bonds. The third-order valence-electron chi connectivity index (χ3n) is 2.32. The van der Waals surface area contributed by atoms with Crippen LogP contribution in [0.2, 0.25) is 0 Å². The van der Waals surface area contributed by atoms with Gasteiger partial charge in [0.1, 0.15) is 6.61 Å². The van der Waals surface area contributed by atoms with E-state index in [1.807, 2.05) is 32.0 Å². The van der Waals surface area contributed by atoms with Gasteiger partial charge in [0.15, 0.2) is 0 Å². The summed E-state index contributed by atoms with van der Waals surface area (Å²) in [4.78, 5) is 11.6. The van der Waals surface area contributed by atoms with E-state index in [9.17, 15) is 4.79 Å². The van der Waals surface area contributed by atoms with Gasteiger partial charge >= 0.3 is 5.97 Å². The Labute approximate surface area is 90.2 Å². The molecule has 1 rings (SSSR count). The lowest BCUT2D eigenvalue weighted by molar-refractivity contribution is 0.0479. The van der Waals surface area contributed by atoms with Crippen molar-refractivity contribution in [3.8, 4) is 0 Å². The van der Waals surface area contributed by atoms with Gasteiger partial charge in [0.25, 0.3) is 0 Å². The molecule has 1 unspecified atom stereocenters. The summed E-state index contributed by atoms with van der Waals surface area (Å²) >= 11 is 0. The highest BCUT2D eigenvalue weighted by Gasteiger charge is 2.10. The number of esters is 1. The van der Waals surface area contributed by atoms with Crippen LogP contribution in [0, 0.1) is 6.92 Å². The first-order chi connectivity index (χ1) is 7.15. The SMILES string of the molecule is CCC(N)COC(=O)c1ccccc1C. The van der Waals surface area contributed by atoms with Crippen LogP contribution in [0.5, 0.6) is 0 Å². The quantitative estimate of drug-likeness (QED) is 0.767. The second-order valence-electron chi connectivity index (χ2n) is 3.58. The number of carbonyl (C=O) groups excluding carboxylic acids is 1. The zero-order valence-corrected chi connectivity index (χ0v) is 9.19. The number of hydrogen-bond donors (Lipinski definition) is 1. The van der Waals surface area contributed by atoms with Gasteiger partial charge in [-0.15, -0.1) is 0 Å². The van der Waals surface area contributed by atoms with Crippen LogP contribution in [-0.2, 0) is 4.74 Å². The largest absolute Gasteiger partial charge is 0.460 e. The molecule has 0 heterocycles. The highest BCUT2D eigenvalue weighted by atomic mass is 16.5. The maximum absolute atomic E-state index is 11.6. The molecule has 1 aromatic rings. The molecule has 15 heavy (non-hydrogen) atoms. The van der Waals surface area contributed by atoms with Crippen LogP contribution >= 0.6 is 0 Å². The zero-order chi connectivity index (χ0) is 11.3. The fourth-order valence-electron chi connectivity index (χ4n) is 1.18. The van der Waals surface area contributed by atoms with Gasteiger partial charge in [-0.3, -0.25) is 0 Å². The number of aryl methyl sites for hydroxylation is 1. The van der Waals surface area contributed by atoms with Crippen LogP contribution in [0.3, 0.4) is 0 Å². The van der Waals surface area contributed by atoms with Gasteiger partial charge < -0.3 is 10.5 Å². The maximum Gasteiger partial charge on any atom is 0.338 e. The smallest absolute Gasteiger partial charge is 0.338 e. The van der Waals surface area contributed by atoms with Crippen molar-refractivity contribution in [1.82, 2.24) is 0 Å². The molecular formula is C12H17NO2. The molecule has 1 atom stereocenters. The number of rotatable bonds is 4. The van der Waals surface area contributed by atoms with Crippen LogP contribution < -0.4 is 5.73 Å². The van der Waals surface area contributed by atoms with Crippen molar-refractivity contribution in [2.24, 2.45) is 5.73 Å². The first kappa shape index (κ1) is 11.7. The van der Waals surface area contributed by atoms with Crippen LogP contribution in [0.15, 0.2) is 24.3 Å². The Morgan fingerprint density at radius 1 is 1.47 bits per heavy atom. The van der Waals surface area contributed by atoms with Crippen molar-refractivity contribution in [2.45, 2.75) is 26.3 Å². The Morgan fingerprint density at radius 3 is 2.73 bits per heavy atom. The second-order valence-corrected chi connectivity index (χ2v) is 3.58. The summed E-state index contributed by atoms with van der Waals surface area (Å²) in [7, 11) is 0. The van der Waals surface area contributed by atoms with Gasteiger partial charge in [-0.2, -0.15) is 0 Å². The van der Waals surface area contributed by atoms with Crippen LogP contribution in [0.4, 0.5) is 0 Å². The van der Waals surface area contributed by atoms with E-state index in [0.29, 0.717) is 5.56 Å². The van der Waals surface area contributed by atoms with Crippen molar-refractivity contribution in [3.05, 3.63) is 35.4 Å². The van der Waals surface area contributed by atoms with Gasteiger partial charge in [-0.05, 0) is 25.0 Å². The third-order valence-corrected chi connectivity index (χ3v) is 2.32. The lowest BCUT2D eigenvalue weighted by Crippen LogP contribution is -2.26. The number of hydrogen-bond acceptors (Lipinski definition) is 3. The van der Waals surface area contributed by atoms with Crippen molar-refractivity contribution in [1.29, 1.82) is 0 Å². The van der Waals surface area contributed by atoms with E-state index in [2.05, 4.69) is 0 Å².